The molecule has 0 radical (unpaired) electrons. The number of hydrogen-bond donors (Lipinski definition) is 2. The molecule has 1 aliphatic rings. The van der Waals surface area contributed by atoms with Crippen LogP contribution < -0.4 is 15.4 Å². The smallest absolute Gasteiger partial charge is 0.234 e. The number of ether oxygens (including phenoxy) is 1. The van der Waals surface area contributed by atoms with Gasteiger partial charge in [0.15, 0.2) is 5.65 Å². The first-order valence-electron chi connectivity index (χ1n) is 9.74. The second kappa shape index (κ2) is 7.96. The van der Waals surface area contributed by atoms with E-state index in [0.29, 0.717) is 11.8 Å². The van der Waals surface area contributed by atoms with Crippen LogP contribution in [0.2, 0.25) is 0 Å². The van der Waals surface area contributed by atoms with Gasteiger partial charge in [-0.25, -0.2) is 9.50 Å². The molecule has 0 amide bonds. The number of nitrogens with zero attached hydrogens (tertiary/aromatic N) is 3. The van der Waals surface area contributed by atoms with Gasteiger partial charge in [0, 0.05) is 12.6 Å². The molecule has 27 heavy (non-hydrogen) atoms. The normalized spacial score (nSPS) is 15.4. The van der Waals surface area contributed by atoms with Crippen LogP contribution in [0.1, 0.15) is 43.9 Å². The third-order valence-corrected chi connectivity index (χ3v) is 4.96. The van der Waals surface area contributed by atoms with E-state index in [-0.39, 0.29) is 6.10 Å². The van der Waals surface area contributed by atoms with E-state index in [1.165, 1.54) is 5.56 Å². The summed E-state index contributed by atoms with van der Waals surface area (Å²) in [7, 11) is 0. The van der Waals surface area contributed by atoms with Crippen LogP contribution in [0.3, 0.4) is 0 Å². The van der Waals surface area contributed by atoms with Gasteiger partial charge >= 0.3 is 0 Å². The molecule has 1 saturated heterocycles. The first-order chi connectivity index (χ1) is 13.2. The van der Waals surface area contributed by atoms with Crippen LogP contribution in [0.5, 0.6) is 5.88 Å². The van der Waals surface area contributed by atoms with Crippen molar-refractivity contribution in [2.75, 3.05) is 18.4 Å². The average Bonchev–Trinajstić information content (AvgIpc) is 3.12. The van der Waals surface area contributed by atoms with Crippen molar-refractivity contribution in [3.05, 3.63) is 53.9 Å². The number of fused-ring (bicyclic) bond motifs is 1. The largest absolute Gasteiger partial charge is 0.473 e. The molecule has 2 aromatic heterocycles. The lowest BCUT2D eigenvalue weighted by Crippen LogP contribution is -2.34. The molecular weight excluding hydrogens is 338 g/mol. The summed E-state index contributed by atoms with van der Waals surface area (Å²) in [6.07, 6.45) is 4.14. The molecule has 1 aromatic carbocycles. The molecule has 1 fully saturated rings. The van der Waals surface area contributed by atoms with Gasteiger partial charge in [-0.1, -0.05) is 44.2 Å². The summed E-state index contributed by atoms with van der Waals surface area (Å²) in [5.74, 6) is 0.994. The van der Waals surface area contributed by atoms with Gasteiger partial charge in [-0.05, 0) is 37.4 Å². The van der Waals surface area contributed by atoms with Crippen LogP contribution in [-0.2, 0) is 6.54 Å². The molecule has 142 valence electrons. The molecule has 2 N–H and O–H groups in total. The molecule has 3 heterocycles. The number of imidazole rings is 1. The van der Waals surface area contributed by atoms with Gasteiger partial charge in [-0.15, -0.1) is 5.10 Å². The zero-order valence-corrected chi connectivity index (χ0v) is 16.0. The van der Waals surface area contributed by atoms with Crippen LogP contribution >= 0.6 is 0 Å². The number of anilines is 1. The SMILES string of the molecule is CC(C)c1cnc2c(NCc3ccccc3)cc(OC3CCNCC3)nn12. The summed E-state index contributed by atoms with van der Waals surface area (Å²) in [6, 6.07) is 12.3. The van der Waals surface area contributed by atoms with E-state index >= 15 is 0 Å². The number of nitrogens with one attached hydrogen (secondary N) is 2. The fraction of sp³-hybridized carbons (Fsp3) is 0.429. The summed E-state index contributed by atoms with van der Waals surface area (Å²) >= 11 is 0. The zero-order chi connectivity index (χ0) is 18.6. The lowest BCUT2D eigenvalue weighted by atomic mass is 10.1. The third kappa shape index (κ3) is 4.06. The van der Waals surface area contributed by atoms with Crippen molar-refractivity contribution in [3.8, 4) is 5.88 Å². The Hall–Kier alpha value is -2.60. The van der Waals surface area contributed by atoms with Gasteiger partial charge in [0.2, 0.25) is 5.88 Å². The van der Waals surface area contributed by atoms with Gasteiger partial charge in [0.1, 0.15) is 6.10 Å². The highest BCUT2D eigenvalue weighted by Gasteiger charge is 2.18. The van der Waals surface area contributed by atoms with Crippen molar-refractivity contribution in [2.24, 2.45) is 0 Å². The molecule has 4 rings (SSSR count). The predicted molar refractivity (Wildman–Crippen MR) is 107 cm³/mol. The lowest BCUT2D eigenvalue weighted by Gasteiger charge is -2.23. The minimum Gasteiger partial charge on any atom is -0.473 e. The predicted octanol–water partition coefficient (Wildman–Crippen LogP) is 3.60. The minimum absolute atomic E-state index is 0.212. The Morgan fingerprint density at radius 2 is 2.00 bits per heavy atom. The van der Waals surface area contributed by atoms with Gasteiger partial charge in [0.25, 0.3) is 0 Å². The zero-order valence-electron chi connectivity index (χ0n) is 16.0. The van der Waals surface area contributed by atoms with Crippen molar-refractivity contribution < 1.29 is 4.74 Å². The average molecular weight is 365 g/mol. The molecule has 1 aliphatic heterocycles. The van der Waals surface area contributed by atoms with E-state index in [4.69, 9.17) is 9.84 Å². The van der Waals surface area contributed by atoms with Crippen LogP contribution in [0.4, 0.5) is 5.69 Å². The Labute approximate surface area is 160 Å². The second-order valence-corrected chi connectivity index (χ2v) is 7.38. The first-order valence-corrected chi connectivity index (χ1v) is 9.74. The third-order valence-electron chi connectivity index (χ3n) is 4.96. The Morgan fingerprint density at radius 3 is 2.74 bits per heavy atom. The molecule has 0 bridgehead atoms. The van der Waals surface area contributed by atoms with Crippen molar-refractivity contribution >= 4 is 11.3 Å². The molecule has 0 atom stereocenters. The maximum atomic E-state index is 6.22. The van der Waals surface area contributed by atoms with Crippen LogP contribution in [-0.4, -0.2) is 33.8 Å². The van der Waals surface area contributed by atoms with Crippen LogP contribution in [0.25, 0.3) is 5.65 Å². The minimum atomic E-state index is 0.212. The highest BCUT2D eigenvalue weighted by atomic mass is 16.5. The highest BCUT2D eigenvalue weighted by molar-refractivity contribution is 5.68. The van der Waals surface area contributed by atoms with Gasteiger partial charge in [0.05, 0.1) is 17.6 Å². The first kappa shape index (κ1) is 17.8. The van der Waals surface area contributed by atoms with Gasteiger partial charge in [-0.3, -0.25) is 0 Å². The molecule has 0 saturated carbocycles. The number of benzene rings is 1. The van der Waals surface area contributed by atoms with Crippen molar-refractivity contribution in [2.45, 2.75) is 45.3 Å². The number of rotatable bonds is 6. The maximum Gasteiger partial charge on any atom is 0.234 e. The van der Waals surface area contributed by atoms with Crippen molar-refractivity contribution in [1.29, 1.82) is 0 Å². The summed E-state index contributed by atoms with van der Waals surface area (Å²) in [5.41, 5.74) is 4.10. The highest BCUT2D eigenvalue weighted by Crippen LogP contribution is 2.26. The molecule has 3 aromatic rings. The molecule has 0 spiro atoms. The summed E-state index contributed by atoms with van der Waals surface area (Å²) in [4.78, 5) is 4.61. The van der Waals surface area contributed by atoms with Crippen molar-refractivity contribution in [1.82, 2.24) is 19.9 Å². The van der Waals surface area contributed by atoms with E-state index in [1.54, 1.807) is 0 Å². The Morgan fingerprint density at radius 1 is 1.22 bits per heavy atom. The van der Waals surface area contributed by atoms with Gasteiger partial charge < -0.3 is 15.4 Å². The Kier molecular flexibility index (Phi) is 5.25. The van der Waals surface area contributed by atoms with E-state index < -0.39 is 0 Å². The molecular formula is C21H27N5O. The fourth-order valence-electron chi connectivity index (χ4n) is 3.42. The quantitative estimate of drug-likeness (QED) is 0.699. The molecule has 6 heteroatoms. The summed E-state index contributed by atoms with van der Waals surface area (Å²) < 4.78 is 8.15. The number of aromatic nitrogens is 3. The molecule has 6 nitrogen and oxygen atoms in total. The summed E-state index contributed by atoms with van der Waals surface area (Å²) in [6.45, 7) is 7.03. The lowest BCUT2D eigenvalue weighted by molar-refractivity contribution is 0.154. The number of hydrogen-bond acceptors (Lipinski definition) is 5. The van der Waals surface area contributed by atoms with E-state index in [1.807, 2.05) is 22.8 Å². The standard InChI is InChI=1S/C21H27N5O/c1-15(2)19-14-24-21-18(23-13-16-6-4-3-5-7-16)12-20(25-26(19)21)27-17-8-10-22-11-9-17/h3-7,12,14-15,17,22-23H,8-11,13H2,1-2H3. The fourth-order valence-corrected chi connectivity index (χ4v) is 3.42. The van der Waals surface area contributed by atoms with E-state index in [0.717, 1.165) is 49.5 Å². The second-order valence-electron chi connectivity index (χ2n) is 7.38. The Bertz CT molecular complexity index is 884. The van der Waals surface area contributed by atoms with E-state index in [9.17, 15) is 0 Å². The molecule has 0 unspecified atom stereocenters. The Balaban J connectivity index is 1.64. The van der Waals surface area contributed by atoms with Gasteiger partial charge in [-0.2, -0.15) is 0 Å². The summed E-state index contributed by atoms with van der Waals surface area (Å²) in [5, 5.41) is 11.6. The molecule has 0 aliphatic carbocycles. The monoisotopic (exact) mass is 365 g/mol. The number of piperidine rings is 1. The van der Waals surface area contributed by atoms with E-state index in [2.05, 4.69) is 53.7 Å². The van der Waals surface area contributed by atoms with Crippen LogP contribution in [0.15, 0.2) is 42.6 Å². The van der Waals surface area contributed by atoms with Crippen molar-refractivity contribution in [3.63, 3.8) is 0 Å². The van der Waals surface area contributed by atoms with Crippen LogP contribution in [0, 0.1) is 0 Å². The topological polar surface area (TPSA) is 63.5 Å². The maximum absolute atomic E-state index is 6.22.